The van der Waals surface area contributed by atoms with E-state index in [-0.39, 0.29) is 18.4 Å². The van der Waals surface area contributed by atoms with Gasteiger partial charge in [0.1, 0.15) is 10.1 Å². The Hall–Kier alpha value is -3.17. The molecule has 0 atom stereocenters. The number of hydrogen-bond donors (Lipinski definition) is 2. The number of carbonyl (C=O) groups excluding carboxylic acids is 3. The van der Waals surface area contributed by atoms with Gasteiger partial charge >= 0.3 is 0 Å². The Labute approximate surface area is 175 Å². The quantitative estimate of drug-likeness (QED) is 0.575. The van der Waals surface area contributed by atoms with Crippen LogP contribution in [0.1, 0.15) is 21.5 Å². The number of thioether (sulfide) groups is 1. The summed E-state index contributed by atoms with van der Waals surface area (Å²) >= 11 is 6.20. The fourth-order valence-electron chi connectivity index (χ4n) is 3.01. The maximum Gasteiger partial charge on any atom is 0.265 e. The van der Waals surface area contributed by atoms with E-state index in [0.717, 1.165) is 11.1 Å². The van der Waals surface area contributed by atoms with Crippen LogP contribution in [0.4, 0.5) is 5.69 Å². The van der Waals surface area contributed by atoms with Gasteiger partial charge in [0.15, 0.2) is 6.61 Å². The second-order valence-corrected chi connectivity index (χ2v) is 8.13. The number of ether oxygens (including phenoxy) is 1. The molecule has 0 saturated carbocycles. The third kappa shape index (κ3) is 4.01. The van der Waals surface area contributed by atoms with Gasteiger partial charge in [0.2, 0.25) is 5.91 Å². The average Bonchev–Trinajstić information content (AvgIpc) is 3.01. The van der Waals surface area contributed by atoms with Crippen LogP contribution in [0, 0.1) is 0 Å². The van der Waals surface area contributed by atoms with E-state index in [2.05, 4.69) is 5.32 Å². The van der Waals surface area contributed by atoms with Gasteiger partial charge in [0.05, 0.1) is 17.1 Å². The zero-order valence-corrected chi connectivity index (χ0v) is 16.6. The lowest BCUT2D eigenvalue weighted by Crippen LogP contribution is -2.38. The van der Waals surface area contributed by atoms with Gasteiger partial charge in [-0.25, -0.2) is 0 Å². The molecule has 9 heteroatoms. The number of nitrogens with zero attached hydrogens (tertiary/aromatic N) is 1. The molecule has 146 valence electrons. The molecular formula is C20H15N3O4S2. The Balaban J connectivity index is 1.64. The van der Waals surface area contributed by atoms with Crippen molar-refractivity contribution in [3.63, 3.8) is 0 Å². The van der Waals surface area contributed by atoms with Gasteiger partial charge < -0.3 is 20.7 Å². The van der Waals surface area contributed by atoms with Gasteiger partial charge in [-0.1, -0.05) is 42.2 Å². The standard InChI is InChI=1S/C20H15N3O4S2/c21-18(25)13-4-1-11(2-5-13)9-23-14-7-12(3-6-15(14)27-10-17(23)24)8-16-19(26)22-20(28)29-16/h1-8H,9-10H2,(H2,21,25)(H,22,26,28). The van der Waals surface area contributed by atoms with Crippen LogP contribution in [0.25, 0.3) is 6.08 Å². The Morgan fingerprint density at radius 3 is 2.66 bits per heavy atom. The Morgan fingerprint density at radius 2 is 2.00 bits per heavy atom. The lowest BCUT2D eigenvalue weighted by molar-refractivity contribution is -0.121. The molecule has 4 rings (SSSR count). The number of anilines is 1. The van der Waals surface area contributed by atoms with Gasteiger partial charge in [-0.15, -0.1) is 0 Å². The summed E-state index contributed by atoms with van der Waals surface area (Å²) in [7, 11) is 0. The highest BCUT2D eigenvalue weighted by atomic mass is 32.2. The number of thiocarbonyl (C=S) groups is 1. The first-order valence-corrected chi connectivity index (χ1v) is 9.84. The maximum atomic E-state index is 12.5. The normalized spacial score (nSPS) is 17.2. The number of rotatable bonds is 4. The third-order valence-electron chi connectivity index (χ3n) is 4.44. The largest absolute Gasteiger partial charge is 0.482 e. The summed E-state index contributed by atoms with van der Waals surface area (Å²) in [6.45, 7) is 0.257. The van der Waals surface area contributed by atoms with Crippen molar-refractivity contribution in [3.05, 3.63) is 64.1 Å². The van der Waals surface area contributed by atoms with Crippen LogP contribution in [0.2, 0.25) is 0 Å². The van der Waals surface area contributed by atoms with Crippen molar-refractivity contribution in [2.45, 2.75) is 6.54 Å². The first-order valence-electron chi connectivity index (χ1n) is 8.61. The number of hydrogen-bond acceptors (Lipinski definition) is 6. The van der Waals surface area contributed by atoms with Crippen LogP contribution in [0.15, 0.2) is 47.4 Å². The molecule has 7 nitrogen and oxygen atoms in total. The Bertz CT molecular complexity index is 1080. The van der Waals surface area contributed by atoms with E-state index >= 15 is 0 Å². The zero-order valence-electron chi connectivity index (χ0n) is 15.0. The minimum absolute atomic E-state index is 0.0562. The highest BCUT2D eigenvalue weighted by molar-refractivity contribution is 8.26. The molecule has 0 unspecified atom stereocenters. The first kappa shape index (κ1) is 19.2. The van der Waals surface area contributed by atoms with Gasteiger partial charge in [0.25, 0.3) is 11.8 Å². The Kier molecular flexibility index (Phi) is 5.08. The fourth-order valence-corrected chi connectivity index (χ4v) is 4.06. The Morgan fingerprint density at radius 1 is 1.24 bits per heavy atom. The molecule has 1 saturated heterocycles. The molecule has 1 fully saturated rings. The van der Waals surface area contributed by atoms with E-state index in [1.807, 2.05) is 6.07 Å². The summed E-state index contributed by atoms with van der Waals surface area (Å²) in [5, 5.41) is 2.58. The molecule has 2 heterocycles. The topological polar surface area (TPSA) is 102 Å². The summed E-state index contributed by atoms with van der Waals surface area (Å²) in [6.07, 6.45) is 1.72. The van der Waals surface area contributed by atoms with Crippen molar-refractivity contribution in [1.82, 2.24) is 5.32 Å². The van der Waals surface area contributed by atoms with Crippen molar-refractivity contribution in [1.29, 1.82) is 0 Å². The second kappa shape index (κ2) is 7.69. The lowest BCUT2D eigenvalue weighted by Gasteiger charge is -2.29. The van der Waals surface area contributed by atoms with Crippen LogP contribution in [0.3, 0.4) is 0 Å². The minimum atomic E-state index is -0.504. The monoisotopic (exact) mass is 425 g/mol. The number of benzene rings is 2. The highest BCUT2D eigenvalue weighted by Gasteiger charge is 2.27. The highest BCUT2D eigenvalue weighted by Crippen LogP contribution is 2.35. The lowest BCUT2D eigenvalue weighted by atomic mass is 10.1. The number of amides is 3. The van der Waals surface area contributed by atoms with E-state index in [1.54, 1.807) is 47.4 Å². The molecule has 29 heavy (non-hydrogen) atoms. The summed E-state index contributed by atoms with van der Waals surface area (Å²) in [6, 6.07) is 12.2. The van der Waals surface area contributed by atoms with E-state index < -0.39 is 5.91 Å². The number of primary amides is 1. The smallest absolute Gasteiger partial charge is 0.265 e. The first-order chi connectivity index (χ1) is 13.9. The summed E-state index contributed by atoms with van der Waals surface area (Å²) in [5.41, 5.74) is 7.88. The molecule has 0 aliphatic carbocycles. The molecule has 2 aliphatic heterocycles. The van der Waals surface area contributed by atoms with Crippen LogP contribution in [0.5, 0.6) is 5.75 Å². The maximum absolute atomic E-state index is 12.5. The number of carbonyl (C=O) groups is 3. The predicted molar refractivity (Wildman–Crippen MR) is 114 cm³/mol. The molecule has 3 N–H and O–H groups in total. The van der Waals surface area contributed by atoms with Crippen molar-refractivity contribution in [2.75, 3.05) is 11.5 Å². The van der Waals surface area contributed by atoms with Crippen LogP contribution >= 0.6 is 24.0 Å². The molecule has 2 aromatic rings. The molecule has 2 aliphatic rings. The second-order valence-electron chi connectivity index (χ2n) is 6.41. The van der Waals surface area contributed by atoms with Crippen molar-refractivity contribution in [3.8, 4) is 5.75 Å². The van der Waals surface area contributed by atoms with Gasteiger partial charge in [-0.2, -0.15) is 0 Å². The van der Waals surface area contributed by atoms with E-state index in [1.165, 1.54) is 11.8 Å². The minimum Gasteiger partial charge on any atom is -0.482 e. The summed E-state index contributed by atoms with van der Waals surface area (Å²) in [4.78, 5) is 37.8. The van der Waals surface area contributed by atoms with E-state index in [4.69, 9.17) is 22.7 Å². The molecule has 0 spiro atoms. The van der Waals surface area contributed by atoms with Crippen molar-refractivity contribution >= 4 is 57.8 Å². The summed E-state index contributed by atoms with van der Waals surface area (Å²) < 4.78 is 5.95. The molecule has 0 radical (unpaired) electrons. The van der Waals surface area contributed by atoms with Crippen molar-refractivity contribution in [2.24, 2.45) is 5.73 Å². The van der Waals surface area contributed by atoms with Gasteiger partial charge in [0, 0.05) is 5.56 Å². The number of nitrogens with one attached hydrogen (secondary N) is 1. The summed E-state index contributed by atoms with van der Waals surface area (Å²) in [5.74, 6) is -0.346. The van der Waals surface area contributed by atoms with Crippen LogP contribution in [-0.4, -0.2) is 28.6 Å². The molecule has 0 aromatic heterocycles. The molecule has 0 bridgehead atoms. The third-order valence-corrected chi connectivity index (χ3v) is 5.61. The number of nitrogens with two attached hydrogens (primary N) is 1. The average molecular weight is 425 g/mol. The van der Waals surface area contributed by atoms with Crippen molar-refractivity contribution < 1.29 is 19.1 Å². The predicted octanol–water partition coefficient (Wildman–Crippen LogP) is 2.20. The van der Waals surface area contributed by atoms with Crippen LogP contribution in [-0.2, 0) is 16.1 Å². The SMILES string of the molecule is NC(=O)c1ccc(CN2C(=O)COc3ccc(C=C4SC(=S)NC4=O)cc32)cc1. The van der Waals surface area contributed by atoms with E-state index in [0.29, 0.717) is 32.8 Å². The van der Waals surface area contributed by atoms with Crippen LogP contribution < -0.4 is 20.7 Å². The fraction of sp³-hybridized carbons (Fsp3) is 0.100. The molecule has 3 amide bonds. The zero-order chi connectivity index (χ0) is 20.5. The van der Waals surface area contributed by atoms with E-state index in [9.17, 15) is 14.4 Å². The van der Waals surface area contributed by atoms with Gasteiger partial charge in [-0.3, -0.25) is 14.4 Å². The van der Waals surface area contributed by atoms with Gasteiger partial charge in [-0.05, 0) is 41.5 Å². The molecule has 2 aromatic carbocycles. The number of fused-ring (bicyclic) bond motifs is 1. The molecular weight excluding hydrogens is 410 g/mol.